The van der Waals surface area contributed by atoms with E-state index in [4.69, 9.17) is 11.5 Å². The third-order valence-electron chi connectivity index (χ3n) is 0.602. The highest BCUT2D eigenvalue weighted by Crippen LogP contribution is 1.58. The van der Waals surface area contributed by atoms with Crippen LogP contribution in [-0.4, -0.2) is 26.8 Å². The first kappa shape index (κ1) is 9.30. The van der Waals surface area contributed by atoms with Crippen molar-refractivity contribution >= 4 is 30.6 Å². The van der Waals surface area contributed by atoms with E-state index in [9.17, 15) is 16.8 Å². The van der Waals surface area contributed by atoms with Gasteiger partial charge >= 0.3 is 0 Å². The summed E-state index contributed by atoms with van der Waals surface area (Å²) >= 11 is 0. The van der Waals surface area contributed by atoms with Gasteiger partial charge in [0, 0.05) is 0 Å². The van der Waals surface area contributed by atoms with E-state index in [2.05, 4.69) is 0 Å². The van der Waals surface area contributed by atoms with E-state index in [1.54, 1.807) is 0 Å². The van der Waals surface area contributed by atoms with Crippen molar-refractivity contribution < 1.29 is 16.8 Å². The van der Waals surface area contributed by atoms with E-state index in [-0.39, 0.29) is 0 Å². The van der Waals surface area contributed by atoms with Crippen molar-refractivity contribution in [3.63, 3.8) is 0 Å². The van der Waals surface area contributed by atoms with Gasteiger partial charge in [0.1, 0.15) is 0 Å². The maximum absolute atomic E-state index is 9.91. The molecule has 0 saturated carbocycles. The molecule has 0 aliphatic carbocycles. The molecule has 0 aliphatic rings. The van der Waals surface area contributed by atoms with Crippen molar-refractivity contribution in [3.05, 3.63) is 0 Å². The first-order valence-corrected chi connectivity index (χ1v) is 4.05. The highest BCUT2D eigenvalue weighted by atomic mass is 32.2. The van der Waals surface area contributed by atoms with Crippen LogP contribution in [0.25, 0.3) is 0 Å². The standard InChI is InChI=1S/C2H4N2O4S2/c3-1(9(5)6)2(4)10(7)8/h3-4H2. The molecule has 0 spiro atoms. The minimum absolute atomic E-state index is 0.867. The lowest BCUT2D eigenvalue weighted by Gasteiger charge is -1.83. The lowest BCUT2D eigenvalue weighted by Crippen LogP contribution is -2.32. The van der Waals surface area contributed by atoms with Crippen molar-refractivity contribution in [2.75, 3.05) is 0 Å². The van der Waals surface area contributed by atoms with Crippen LogP contribution in [0.1, 0.15) is 0 Å². The molecule has 10 heavy (non-hydrogen) atoms. The second-order valence-electron chi connectivity index (χ2n) is 1.20. The average Bonchev–Trinajstić information content (AvgIpc) is 1.84. The van der Waals surface area contributed by atoms with Crippen LogP contribution < -0.4 is 11.5 Å². The summed E-state index contributed by atoms with van der Waals surface area (Å²) < 4.78 is 39.6. The third-order valence-corrected chi connectivity index (χ3v) is 1.89. The van der Waals surface area contributed by atoms with Crippen molar-refractivity contribution in [2.24, 2.45) is 11.5 Å². The van der Waals surface area contributed by atoms with Gasteiger partial charge in [-0.3, -0.25) is 11.5 Å². The summed E-state index contributed by atoms with van der Waals surface area (Å²) in [6, 6.07) is 0. The molecule has 6 nitrogen and oxygen atoms in total. The van der Waals surface area contributed by atoms with Crippen molar-refractivity contribution in [3.8, 4) is 0 Å². The molecule has 58 valence electrons. The monoisotopic (exact) mass is 184 g/mol. The molecule has 0 amide bonds. The Balaban J connectivity index is 5.57. The maximum Gasteiger partial charge on any atom is 0.235 e. The zero-order valence-corrected chi connectivity index (χ0v) is 6.24. The summed E-state index contributed by atoms with van der Waals surface area (Å²) in [5, 5.41) is 0. The molecule has 0 atom stereocenters. The van der Waals surface area contributed by atoms with Gasteiger partial charge in [-0.25, -0.2) is 0 Å². The lowest BCUT2D eigenvalue weighted by molar-refractivity contribution is 0.624. The fraction of sp³-hybridized carbons (Fsp3) is 0. The van der Waals surface area contributed by atoms with Crippen LogP contribution >= 0.6 is 0 Å². The van der Waals surface area contributed by atoms with E-state index in [0.717, 1.165) is 0 Å². The fourth-order valence-electron chi connectivity index (χ4n) is 0.164. The summed E-state index contributed by atoms with van der Waals surface area (Å²) in [7, 11) is -5.54. The van der Waals surface area contributed by atoms with Gasteiger partial charge in [-0.05, 0) is 0 Å². The normalized spacial score (nSPS) is 8.60. The Labute approximate surface area is 59.5 Å². The summed E-state index contributed by atoms with van der Waals surface area (Å²) in [6.45, 7) is 0. The molecular formula is C2H4N2O4S2. The topological polar surface area (TPSA) is 120 Å². The Morgan fingerprint density at radius 1 is 0.800 bits per heavy atom. The smallest absolute Gasteiger partial charge is 0.235 e. The Bertz CT molecular complexity index is 329. The van der Waals surface area contributed by atoms with Gasteiger partial charge in [0.15, 0.2) is 9.98 Å². The first-order valence-electron chi connectivity index (χ1n) is 1.90. The highest BCUT2D eigenvalue weighted by molar-refractivity contribution is 7.82. The van der Waals surface area contributed by atoms with Crippen molar-refractivity contribution in [1.82, 2.24) is 0 Å². The molecule has 0 radical (unpaired) electrons. The predicted molar refractivity (Wildman–Crippen MR) is 36.2 cm³/mol. The van der Waals surface area contributed by atoms with Crippen LogP contribution in [-0.2, 0) is 20.6 Å². The van der Waals surface area contributed by atoms with E-state index < -0.39 is 30.6 Å². The number of hydrogen-bond acceptors (Lipinski definition) is 4. The van der Waals surface area contributed by atoms with Crippen LogP contribution in [0.3, 0.4) is 0 Å². The van der Waals surface area contributed by atoms with E-state index in [0.29, 0.717) is 0 Å². The van der Waals surface area contributed by atoms with Crippen molar-refractivity contribution in [2.45, 2.75) is 0 Å². The second kappa shape index (κ2) is 3.46. The molecule has 0 heterocycles. The molecule has 0 aliphatic heterocycles. The summed E-state index contributed by atoms with van der Waals surface area (Å²) in [6.07, 6.45) is 0. The largest absolute Gasteiger partial charge is 0.287 e. The quantitative estimate of drug-likeness (QED) is 0.385. The SMILES string of the molecule is NC(C(N)=S(=O)=O)=S(=O)=O. The molecule has 0 aromatic carbocycles. The van der Waals surface area contributed by atoms with Crippen LogP contribution in [0.2, 0.25) is 0 Å². The Kier molecular flexibility index (Phi) is 3.22. The molecule has 0 rings (SSSR count). The molecule has 0 aromatic heterocycles. The molecule has 0 aromatic rings. The molecule has 0 fully saturated rings. The fourth-order valence-corrected chi connectivity index (χ4v) is 0.901. The average molecular weight is 184 g/mol. The van der Waals surface area contributed by atoms with Gasteiger partial charge in [-0.1, -0.05) is 0 Å². The van der Waals surface area contributed by atoms with Gasteiger partial charge in [0.25, 0.3) is 0 Å². The minimum Gasteiger partial charge on any atom is -0.287 e. The molecule has 0 unspecified atom stereocenters. The molecule has 0 bridgehead atoms. The summed E-state index contributed by atoms with van der Waals surface area (Å²) in [5.41, 5.74) is 9.42. The van der Waals surface area contributed by atoms with Gasteiger partial charge < -0.3 is 0 Å². The zero-order valence-electron chi connectivity index (χ0n) is 4.60. The van der Waals surface area contributed by atoms with Crippen LogP contribution in [0.4, 0.5) is 0 Å². The van der Waals surface area contributed by atoms with Gasteiger partial charge in [-0.15, -0.1) is 0 Å². The Hall–Kier alpha value is -0.700. The molecule has 4 N–H and O–H groups in total. The second-order valence-corrected chi connectivity index (χ2v) is 3.02. The Morgan fingerprint density at radius 2 is 1.00 bits per heavy atom. The predicted octanol–water partition coefficient (Wildman–Crippen LogP) is -3.08. The van der Waals surface area contributed by atoms with E-state index in [1.807, 2.05) is 0 Å². The van der Waals surface area contributed by atoms with Crippen LogP contribution in [0, 0.1) is 0 Å². The van der Waals surface area contributed by atoms with Gasteiger partial charge in [0.2, 0.25) is 20.6 Å². The lowest BCUT2D eigenvalue weighted by atomic mass is 10.7. The number of hydrogen-bond donors (Lipinski definition) is 2. The van der Waals surface area contributed by atoms with E-state index >= 15 is 0 Å². The minimum atomic E-state index is -2.77. The Morgan fingerprint density at radius 3 is 1.10 bits per heavy atom. The first-order chi connectivity index (χ1) is 4.46. The van der Waals surface area contributed by atoms with Gasteiger partial charge in [0.05, 0.1) is 0 Å². The molecular weight excluding hydrogens is 180 g/mol. The molecule has 0 saturated heterocycles. The zero-order chi connectivity index (χ0) is 8.31. The van der Waals surface area contributed by atoms with E-state index in [1.165, 1.54) is 0 Å². The van der Waals surface area contributed by atoms with Crippen LogP contribution in [0.15, 0.2) is 0 Å². The maximum atomic E-state index is 9.91. The number of nitrogens with two attached hydrogens (primary N) is 2. The third kappa shape index (κ3) is 2.27. The summed E-state index contributed by atoms with van der Waals surface area (Å²) in [4.78, 5) is -1.73. The van der Waals surface area contributed by atoms with Gasteiger partial charge in [-0.2, -0.15) is 16.8 Å². The van der Waals surface area contributed by atoms with Crippen molar-refractivity contribution in [1.29, 1.82) is 0 Å². The number of rotatable bonds is 0. The highest BCUT2D eigenvalue weighted by Gasteiger charge is 2.00. The summed E-state index contributed by atoms with van der Waals surface area (Å²) in [5.74, 6) is 0. The molecule has 8 heteroatoms. The van der Waals surface area contributed by atoms with Crippen LogP contribution in [0.5, 0.6) is 0 Å².